The summed E-state index contributed by atoms with van der Waals surface area (Å²) >= 11 is 6.45. The largest absolute Gasteiger partial charge is 0.494 e. The zero-order valence-electron chi connectivity index (χ0n) is 23.2. The third kappa shape index (κ3) is 7.08. The lowest BCUT2D eigenvalue weighted by molar-refractivity contribution is -0.0847. The molecule has 1 aromatic heterocycles. The average molecular weight is 579 g/mol. The van der Waals surface area contributed by atoms with Crippen molar-refractivity contribution in [2.75, 3.05) is 62.9 Å². The summed E-state index contributed by atoms with van der Waals surface area (Å²) in [7, 11) is 0. The summed E-state index contributed by atoms with van der Waals surface area (Å²) in [6, 6.07) is 8.43. The first kappa shape index (κ1) is 29.1. The number of hydrogen-bond acceptors (Lipinski definition) is 8. The van der Waals surface area contributed by atoms with Gasteiger partial charge in [0.05, 0.1) is 63.6 Å². The molecule has 0 radical (unpaired) electrons. The van der Waals surface area contributed by atoms with Crippen LogP contribution in [-0.2, 0) is 14.2 Å². The van der Waals surface area contributed by atoms with Crippen molar-refractivity contribution in [3.63, 3.8) is 0 Å². The van der Waals surface area contributed by atoms with Gasteiger partial charge in [-0.15, -0.1) is 0 Å². The van der Waals surface area contributed by atoms with Crippen LogP contribution in [0.1, 0.15) is 51.5 Å². The van der Waals surface area contributed by atoms with E-state index in [-0.39, 0.29) is 41.9 Å². The van der Waals surface area contributed by atoms with Gasteiger partial charge in [0, 0.05) is 24.9 Å². The first-order valence-corrected chi connectivity index (χ1v) is 14.8. The highest BCUT2D eigenvalue weighted by Gasteiger charge is 2.34. The Kier molecular flexibility index (Phi) is 9.83. The molecule has 5 rings (SSSR count). The van der Waals surface area contributed by atoms with Crippen LogP contribution in [0.2, 0.25) is 5.02 Å². The number of aromatic nitrogens is 2. The Bertz CT molecular complexity index is 1150. The summed E-state index contributed by atoms with van der Waals surface area (Å²) in [6.45, 7) is 5.79. The quantitative estimate of drug-likeness (QED) is 0.437. The van der Waals surface area contributed by atoms with Gasteiger partial charge in [-0.2, -0.15) is 5.10 Å². The first-order chi connectivity index (χ1) is 19.5. The highest BCUT2D eigenvalue weighted by atomic mass is 35.5. The number of rotatable bonds is 10. The molecular weight excluding hydrogens is 539 g/mol. The van der Waals surface area contributed by atoms with E-state index in [1.165, 1.54) is 10.9 Å². The molecule has 1 aliphatic carbocycles. The predicted octanol–water partition coefficient (Wildman–Crippen LogP) is 4.63. The van der Waals surface area contributed by atoms with Gasteiger partial charge in [-0.1, -0.05) is 11.6 Å². The number of nitrogens with zero attached hydrogens (tertiary/aromatic N) is 3. The van der Waals surface area contributed by atoms with E-state index in [0.717, 1.165) is 43.7 Å². The standard InChI is InChI=1S/C29H40ClFN4O5/c1-2-39-24-10-8-22(9-11-24)34(17-25-18-37-14-15-40-25)21-4-6-23(7-5-21)35-28(36)27(30)26(16-33-35)32-19-29(31)12-3-13-38-20-29/h8-11,16,21,23,25,32H,2-7,12-15,17-20H2,1H3/t21?,23?,25-,29-/m1/s1. The second kappa shape index (κ2) is 13.5. The van der Waals surface area contributed by atoms with E-state index < -0.39 is 5.67 Å². The third-order valence-electron chi connectivity index (χ3n) is 8.03. The van der Waals surface area contributed by atoms with Crippen LogP contribution < -0.4 is 20.5 Å². The minimum atomic E-state index is -1.47. The van der Waals surface area contributed by atoms with Gasteiger partial charge in [0.15, 0.2) is 5.67 Å². The molecule has 0 amide bonds. The maximum Gasteiger partial charge on any atom is 0.287 e. The molecule has 2 atom stereocenters. The van der Waals surface area contributed by atoms with Crippen molar-refractivity contribution in [1.82, 2.24) is 9.78 Å². The Morgan fingerprint density at radius 2 is 1.98 bits per heavy atom. The van der Waals surface area contributed by atoms with Gasteiger partial charge in [-0.05, 0) is 69.7 Å². The molecule has 1 aromatic carbocycles. The molecule has 2 aliphatic heterocycles. The first-order valence-electron chi connectivity index (χ1n) is 14.4. The van der Waals surface area contributed by atoms with Gasteiger partial charge >= 0.3 is 0 Å². The predicted molar refractivity (Wildman–Crippen MR) is 153 cm³/mol. The van der Waals surface area contributed by atoms with Crippen molar-refractivity contribution in [2.45, 2.75) is 69.3 Å². The number of alkyl halides is 1. The molecule has 0 unspecified atom stereocenters. The summed E-state index contributed by atoms with van der Waals surface area (Å²) in [6.07, 6.45) is 6.00. The Labute approximate surface area is 239 Å². The SMILES string of the molecule is CCOc1ccc(N(C[C@@H]2COCCO2)C2CCC(n3ncc(NC[C@]4(F)CCCOC4)c(Cl)c3=O)CC2)cc1. The average Bonchev–Trinajstić information content (AvgIpc) is 2.98. The van der Waals surface area contributed by atoms with Gasteiger partial charge in [0.2, 0.25) is 0 Å². The van der Waals surface area contributed by atoms with Crippen molar-refractivity contribution < 1.29 is 23.3 Å². The number of benzene rings is 1. The van der Waals surface area contributed by atoms with Crippen molar-refractivity contribution in [3.8, 4) is 5.75 Å². The lowest BCUT2D eigenvalue weighted by Gasteiger charge is -2.40. The molecule has 1 N–H and O–H groups in total. The monoisotopic (exact) mass is 578 g/mol. The molecule has 11 heteroatoms. The topological polar surface area (TPSA) is 87.1 Å². The van der Waals surface area contributed by atoms with Gasteiger partial charge in [0.25, 0.3) is 5.56 Å². The van der Waals surface area contributed by atoms with Crippen LogP contribution >= 0.6 is 11.6 Å². The summed E-state index contributed by atoms with van der Waals surface area (Å²) in [5, 5.41) is 7.47. The van der Waals surface area contributed by atoms with Crippen molar-refractivity contribution >= 4 is 23.0 Å². The van der Waals surface area contributed by atoms with Crippen LogP contribution in [0.5, 0.6) is 5.75 Å². The van der Waals surface area contributed by atoms with Gasteiger partial charge in [-0.25, -0.2) is 9.07 Å². The van der Waals surface area contributed by atoms with Crippen LogP contribution in [0, 0.1) is 0 Å². The Balaban J connectivity index is 1.24. The van der Waals surface area contributed by atoms with E-state index in [0.29, 0.717) is 51.6 Å². The number of anilines is 2. The third-order valence-corrected chi connectivity index (χ3v) is 8.40. The molecule has 0 spiro atoms. The fourth-order valence-corrected chi connectivity index (χ4v) is 6.08. The maximum atomic E-state index is 14.9. The minimum absolute atomic E-state index is 0.00445. The number of nitrogens with one attached hydrogen (secondary N) is 1. The van der Waals surface area contributed by atoms with Crippen molar-refractivity contribution in [1.29, 1.82) is 0 Å². The zero-order valence-corrected chi connectivity index (χ0v) is 23.9. The lowest BCUT2D eigenvalue weighted by Crippen LogP contribution is -2.46. The van der Waals surface area contributed by atoms with Crippen molar-refractivity contribution in [3.05, 3.63) is 45.8 Å². The van der Waals surface area contributed by atoms with E-state index in [4.69, 9.17) is 30.5 Å². The minimum Gasteiger partial charge on any atom is -0.494 e. The molecule has 3 aliphatic rings. The van der Waals surface area contributed by atoms with Gasteiger partial charge < -0.3 is 29.2 Å². The van der Waals surface area contributed by atoms with Gasteiger partial charge in [0.1, 0.15) is 10.8 Å². The summed E-state index contributed by atoms with van der Waals surface area (Å²) in [4.78, 5) is 15.6. The van der Waals surface area contributed by atoms with E-state index in [2.05, 4.69) is 27.4 Å². The Hall–Kier alpha value is -2.40. The highest BCUT2D eigenvalue weighted by molar-refractivity contribution is 6.32. The van der Waals surface area contributed by atoms with Crippen LogP contribution in [0.25, 0.3) is 0 Å². The van der Waals surface area contributed by atoms with Crippen LogP contribution in [-0.4, -0.2) is 80.3 Å². The molecule has 40 heavy (non-hydrogen) atoms. The van der Waals surface area contributed by atoms with Crippen molar-refractivity contribution in [2.24, 2.45) is 0 Å². The second-order valence-corrected chi connectivity index (χ2v) is 11.3. The molecule has 9 nitrogen and oxygen atoms in total. The highest BCUT2D eigenvalue weighted by Crippen LogP contribution is 2.34. The molecular formula is C29H40ClFN4O5. The van der Waals surface area contributed by atoms with Crippen LogP contribution in [0.15, 0.2) is 35.3 Å². The fourth-order valence-electron chi connectivity index (χ4n) is 5.88. The smallest absolute Gasteiger partial charge is 0.287 e. The fraction of sp³-hybridized carbons (Fsp3) is 0.655. The van der Waals surface area contributed by atoms with Gasteiger partial charge in [-0.3, -0.25) is 4.79 Å². The maximum absolute atomic E-state index is 14.9. The normalized spacial score (nSPS) is 27.2. The molecule has 3 heterocycles. The Morgan fingerprint density at radius 3 is 2.65 bits per heavy atom. The number of ether oxygens (including phenoxy) is 4. The molecule has 1 saturated carbocycles. The molecule has 220 valence electrons. The number of halogens is 2. The van der Waals surface area contributed by atoms with Crippen LogP contribution in [0.4, 0.5) is 15.8 Å². The van der Waals surface area contributed by atoms with Crippen LogP contribution in [0.3, 0.4) is 0 Å². The van der Waals surface area contributed by atoms with E-state index >= 15 is 0 Å². The summed E-state index contributed by atoms with van der Waals surface area (Å²) in [5.41, 5.74) is -0.350. The lowest BCUT2D eigenvalue weighted by atomic mass is 9.89. The molecule has 0 bridgehead atoms. The van der Waals surface area contributed by atoms with E-state index in [1.54, 1.807) is 0 Å². The summed E-state index contributed by atoms with van der Waals surface area (Å²) < 4.78 is 39.0. The van der Waals surface area contributed by atoms with E-state index in [1.807, 2.05) is 19.1 Å². The molecule has 2 saturated heterocycles. The molecule has 2 aromatic rings. The van der Waals surface area contributed by atoms with E-state index in [9.17, 15) is 9.18 Å². The zero-order chi connectivity index (χ0) is 28.0. The summed E-state index contributed by atoms with van der Waals surface area (Å²) in [5.74, 6) is 0.848. The Morgan fingerprint density at radius 1 is 1.18 bits per heavy atom. The molecule has 3 fully saturated rings. The number of hydrogen-bond donors (Lipinski definition) is 1. The second-order valence-electron chi connectivity index (χ2n) is 10.9.